The van der Waals surface area contributed by atoms with Gasteiger partial charge in [-0.25, -0.2) is 0 Å². The summed E-state index contributed by atoms with van der Waals surface area (Å²) in [7, 11) is 0. The van der Waals surface area contributed by atoms with Crippen LogP contribution in [0.1, 0.15) is 47.4 Å². The molecule has 0 amide bonds. The summed E-state index contributed by atoms with van der Waals surface area (Å²) in [4.78, 5) is 11.7. The third kappa shape index (κ3) is 3.40. The van der Waals surface area contributed by atoms with E-state index in [0.717, 1.165) is 42.9 Å². The fraction of sp³-hybridized carbons (Fsp3) is 0.667. The van der Waals surface area contributed by atoms with Gasteiger partial charge in [-0.2, -0.15) is 0 Å². The number of rotatable bonds is 5. The van der Waals surface area contributed by atoms with Gasteiger partial charge in [0.25, 0.3) is 0 Å². The number of ether oxygens (including phenoxy) is 1. The molecule has 0 N–H and O–H groups in total. The van der Waals surface area contributed by atoms with E-state index in [1.54, 1.807) is 0 Å². The van der Waals surface area contributed by atoms with Crippen molar-refractivity contribution in [2.75, 3.05) is 12.5 Å². The van der Waals surface area contributed by atoms with Crippen molar-refractivity contribution in [2.24, 2.45) is 0 Å². The molecule has 1 aliphatic heterocycles. The minimum atomic E-state index is 0.00920. The molecule has 1 atom stereocenters. The highest BCUT2D eigenvalue weighted by molar-refractivity contribution is 6.30. The zero-order chi connectivity index (χ0) is 13.8. The Bertz CT molecular complexity index is 447. The SMILES string of the molecule is Cc1cc(C(=O)CCl)c(C)n1CCC1CCCCO1. The molecule has 3 nitrogen and oxygen atoms in total. The monoisotopic (exact) mass is 283 g/mol. The van der Waals surface area contributed by atoms with E-state index in [1.165, 1.54) is 12.8 Å². The fourth-order valence-corrected chi connectivity index (χ4v) is 2.95. The number of hydrogen-bond acceptors (Lipinski definition) is 2. The standard InChI is InChI=1S/C15H22ClNO2/c1-11-9-14(15(18)10-16)12(2)17(11)7-6-13-5-3-4-8-19-13/h9,13H,3-8,10H2,1-2H3. The molecule has 0 radical (unpaired) electrons. The Kier molecular flexibility index (Phi) is 5.06. The topological polar surface area (TPSA) is 31.2 Å². The summed E-state index contributed by atoms with van der Waals surface area (Å²) >= 11 is 5.64. The summed E-state index contributed by atoms with van der Waals surface area (Å²) in [6.45, 7) is 5.84. The normalized spacial score (nSPS) is 19.6. The molecule has 19 heavy (non-hydrogen) atoms. The largest absolute Gasteiger partial charge is 0.378 e. The Morgan fingerprint density at radius 1 is 1.47 bits per heavy atom. The van der Waals surface area contributed by atoms with E-state index in [4.69, 9.17) is 16.3 Å². The van der Waals surface area contributed by atoms with Crippen LogP contribution in [0, 0.1) is 13.8 Å². The quantitative estimate of drug-likeness (QED) is 0.612. The second-order valence-corrected chi connectivity index (χ2v) is 5.54. The predicted octanol–water partition coefficient (Wildman–Crippen LogP) is 3.49. The lowest BCUT2D eigenvalue weighted by Gasteiger charge is -2.23. The van der Waals surface area contributed by atoms with Crippen molar-refractivity contribution in [3.8, 4) is 0 Å². The Labute approximate surface area is 119 Å². The van der Waals surface area contributed by atoms with Crippen LogP contribution >= 0.6 is 11.6 Å². The third-order valence-electron chi connectivity index (χ3n) is 3.94. The van der Waals surface area contributed by atoms with Gasteiger partial charge >= 0.3 is 0 Å². The van der Waals surface area contributed by atoms with Crippen LogP contribution in [0.5, 0.6) is 0 Å². The van der Waals surface area contributed by atoms with E-state index in [9.17, 15) is 4.79 Å². The molecule has 1 aromatic rings. The molecular weight excluding hydrogens is 262 g/mol. The van der Waals surface area contributed by atoms with Gasteiger partial charge in [-0.3, -0.25) is 4.79 Å². The molecule has 1 fully saturated rings. The molecule has 4 heteroatoms. The molecule has 1 unspecified atom stereocenters. The molecule has 2 rings (SSSR count). The van der Waals surface area contributed by atoms with E-state index < -0.39 is 0 Å². The maximum atomic E-state index is 11.7. The molecule has 1 aliphatic rings. The summed E-state index contributed by atoms with van der Waals surface area (Å²) < 4.78 is 7.96. The second kappa shape index (κ2) is 6.58. The van der Waals surface area contributed by atoms with Gasteiger partial charge in [-0.05, 0) is 45.6 Å². The highest BCUT2D eigenvalue weighted by atomic mass is 35.5. The number of alkyl halides is 1. The van der Waals surface area contributed by atoms with Crippen molar-refractivity contribution in [1.29, 1.82) is 0 Å². The lowest BCUT2D eigenvalue weighted by molar-refractivity contribution is 0.00868. The van der Waals surface area contributed by atoms with Crippen molar-refractivity contribution in [1.82, 2.24) is 4.57 Å². The van der Waals surface area contributed by atoms with Gasteiger partial charge in [-0.1, -0.05) is 0 Å². The smallest absolute Gasteiger partial charge is 0.179 e. The van der Waals surface area contributed by atoms with E-state index >= 15 is 0 Å². The average molecular weight is 284 g/mol. The van der Waals surface area contributed by atoms with Gasteiger partial charge in [-0.15, -0.1) is 11.6 Å². The predicted molar refractivity (Wildman–Crippen MR) is 77.2 cm³/mol. The van der Waals surface area contributed by atoms with Crippen LogP contribution in [0.25, 0.3) is 0 Å². The number of aromatic nitrogens is 1. The van der Waals surface area contributed by atoms with Gasteiger partial charge in [0.1, 0.15) is 0 Å². The number of ketones is 1. The number of aryl methyl sites for hydroxylation is 1. The van der Waals surface area contributed by atoms with E-state index in [-0.39, 0.29) is 11.7 Å². The lowest BCUT2D eigenvalue weighted by Crippen LogP contribution is -2.21. The van der Waals surface area contributed by atoms with E-state index in [1.807, 2.05) is 19.9 Å². The van der Waals surface area contributed by atoms with Gasteiger partial charge in [0.15, 0.2) is 5.78 Å². The van der Waals surface area contributed by atoms with Crippen molar-refractivity contribution < 1.29 is 9.53 Å². The van der Waals surface area contributed by atoms with Gasteiger partial charge in [0, 0.05) is 30.1 Å². The maximum absolute atomic E-state index is 11.7. The zero-order valence-electron chi connectivity index (χ0n) is 11.7. The Hall–Kier alpha value is -0.800. The number of halogens is 1. The molecule has 0 spiro atoms. The lowest BCUT2D eigenvalue weighted by atomic mass is 10.1. The van der Waals surface area contributed by atoms with Crippen LogP contribution in [0.4, 0.5) is 0 Å². The number of carbonyl (C=O) groups excluding carboxylic acids is 1. The van der Waals surface area contributed by atoms with Crippen LogP contribution in [0.3, 0.4) is 0 Å². The van der Waals surface area contributed by atoms with Gasteiger partial charge in [0.05, 0.1) is 12.0 Å². The van der Waals surface area contributed by atoms with Gasteiger partial charge < -0.3 is 9.30 Å². The van der Waals surface area contributed by atoms with E-state index in [0.29, 0.717) is 6.10 Å². The molecule has 106 valence electrons. The van der Waals surface area contributed by atoms with Crippen molar-refractivity contribution in [3.05, 3.63) is 23.0 Å². The van der Waals surface area contributed by atoms with Crippen LogP contribution in [0.2, 0.25) is 0 Å². The van der Waals surface area contributed by atoms with Crippen LogP contribution in [0.15, 0.2) is 6.07 Å². The Morgan fingerprint density at radius 2 is 2.26 bits per heavy atom. The number of nitrogens with zero attached hydrogens (tertiary/aromatic N) is 1. The van der Waals surface area contributed by atoms with Crippen molar-refractivity contribution in [2.45, 2.75) is 52.2 Å². The van der Waals surface area contributed by atoms with E-state index in [2.05, 4.69) is 4.57 Å². The molecule has 1 aromatic heterocycles. The molecule has 2 heterocycles. The summed E-state index contributed by atoms with van der Waals surface area (Å²) in [6.07, 6.45) is 5.01. The highest BCUT2D eigenvalue weighted by Gasteiger charge is 2.17. The number of Topliss-reactive ketones (excluding diaryl/α,β-unsaturated/α-hetero) is 1. The first kappa shape index (κ1) is 14.6. The van der Waals surface area contributed by atoms with Crippen LogP contribution in [-0.2, 0) is 11.3 Å². The summed E-state index contributed by atoms with van der Waals surface area (Å²) in [6, 6.07) is 1.95. The number of carbonyl (C=O) groups is 1. The molecule has 0 aliphatic carbocycles. The third-order valence-corrected chi connectivity index (χ3v) is 4.19. The van der Waals surface area contributed by atoms with Crippen molar-refractivity contribution >= 4 is 17.4 Å². The summed E-state index contributed by atoms with van der Waals surface area (Å²) in [5, 5.41) is 0. The minimum absolute atomic E-state index is 0.00920. The Morgan fingerprint density at radius 3 is 2.89 bits per heavy atom. The summed E-state index contributed by atoms with van der Waals surface area (Å²) in [5.41, 5.74) is 2.91. The second-order valence-electron chi connectivity index (χ2n) is 5.27. The molecule has 0 bridgehead atoms. The Balaban J connectivity index is 2.03. The highest BCUT2D eigenvalue weighted by Crippen LogP contribution is 2.20. The van der Waals surface area contributed by atoms with Crippen LogP contribution in [-0.4, -0.2) is 28.9 Å². The molecule has 0 saturated carbocycles. The first-order valence-electron chi connectivity index (χ1n) is 7.01. The first-order valence-corrected chi connectivity index (χ1v) is 7.54. The molecular formula is C15H22ClNO2. The first-order chi connectivity index (χ1) is 9.13. The maximum Gasteiger partial charge on any atom is 0.179 e. The molecule has 1 saturated heterocycles. The molecule has 0 aromatic carbocycles. The zero-order valence-corrected chi connectivity index (χ0v) is 12.5. The van der Waals surface area contributed by atoms with Crippen LogP contribution < -0.4 is 0 Å². The minimum Gasteiger partial charge on any atom is -0.378 e. The summed E-state index contributed by atoms with van der Waals surface area (Å²) in [5.74, 6) is 0.0608. The number of hydrogen-bond donors (Lipinski definition) is 0. The average Bonchev–Trinajstić information content (AvgIpc) is 2.72. The fourth-order valence-electron chi connectivity index (χ4n) is 2.81. The van der Waals surface area contributed by atoms with Gasteiger partial charge in [0.2, 0.25) is 0 Å². The van der Waals surface area contributed by atoms with Crippen molar-refractivity contribution in [3.63, 3.8) is 0 Å².